The van der Waals surface area contributed by atoms with Gasteiger partial charge in [0.1, 0.15) is 5.82 Å². The molecule has 0 saturated heterocycles. The number of benzene rings is 2. The van der Waals surface area contributed by atoms with Crippen molar-refractivity contribution in [3.63, 3.8) is 0 Å². The van der Waals surface area contributed by atoms with Gasteiger partial charge in [-0.3, -0.25) is 4.79 Å². The molecule has 0 unspecified atom stereocenters. The fourth-order valence-corrected chi connectivity index (χ4v) is 3.13. The lowest BCUT2D eigenvalue weighted by Crippen LogP contribution is -2.17. The maximum Gasteiger partial charge on any atom is 0.234 e. The highest BCUT2D eigenvalue weighted by Gasteiger charge is 2.13. The summed E-state index contributed by atoms with van der Waals surface area (Å²) in [5.74, 6) is 6.29. The number of rotatable bonds is 6. The summed E-state index contributed by atoms with van der Waals surface area (Å²) >= 11 is 1.21. The van der Waals surface area contributed by atoms with Crippen LogP contribution >= 0.6 is 11.8 Å². The van der Waals surface area contributed by atoms with E-state index in [0.29, 0.717) is 17.4 Å². The number of hydrogen-bond donors (Lipinski definition) is 2. The number of carbonyl (C=O) groups excluding carboxylic acids is 1. The molecular weight excluding hydrogens is 365 g/mol. The Morgan fingerprint density at radius 2 is 1.89 bits per heavy atom. The zero-order valence-electron chi connectivity index (χ0n) is 15.1. The van der Waals surface area contributed by atoms with E-state index < -0.39 is 0 Å². The topological polar surface area (TPSA) is 85.8 Å². The average Bonchev–Trinajstić information content (AvgIpc) is 2.98. The Morgan fingerprint density at radius 1 is 1.15 bits per heavy atom. The van der Waals surface area contributed by atoms with Gasteiger partial charge in [0.2, 0.25) is 11.1 Å². The Bertz CT molecular complexity index is 955. The molecule has 0 bridgehead atoms. The third kappa shape index (κ3) is 4.85. The van der Waals surface area contributed by atoms with Crippen molar-refractivity contribution in [3.05, 3.63) is 70.8 Å². The molecule has 1 heterocycles. The van der Waals surface area contributed by atoms with Gasteiger partial charge in [-0.05, 0) is 54.8 Å². The number of aromatic nitrogens is 3. The zero-order chi connectivity index (χ0) is 19.4. The number of nitrogen functional groups attached to an aromatic ring is 1. The summed E-state index contributed by atoms with van der Waals surface area (Å²) in [5, 5.41) is 11.4. The summed E-state index contributed by atoms with van der Waals surface area (Å²) in [7, 11) is 0. The van der Waals surface area contributed by atoms with Crippen LogP contribution in [0.2, 0.25) is 0 Å². The molecule has 0 saturated carbocycles. The largest absolute Gasteiger partial charge is 0.336 e. The molecule has 0 fully saturated rings. The molecule has 1 aromatic heterocycles. The number of amides is 1. The van der Waals surface area contributed by atoms with Crippen LogP contribution in [0.3, 0.4) is 0 Å². The highest BCUT2D eigenvalue weighted by molar-refractivity contribution is 7.99. The normalized spacial score (nSPS) is 10.8. The van der Waals surface area contributed by atoms with Gasteiger partial charge in [0.15, 0.2) is 5.82 Å². The monoisotopic (exact) mass is 385 g/mol. The number of nitrogens with two attached hydrogens (primary N) is 1. The SMILES string of the molecule is Cc1ccc(NC(=O)CSc2nnc(Cc3ccc(F)cc3)n2N)cc1C. The first kappa shape index (κ1) is 18.9. The predicted octanol–water partition coefficient (Wildman–Crippen LogP) is 3.07. The molecule has 6 nitrogen and oxygen atoms in total. The quantitative estimate of drug-likeness (QED) is 0.503. The van der Waals surface area contributed by atoms with Gasteiger partial charge in [0.05, 0.1) is 5.75 Å². The van der Waals surface area contributed by atoms with Gasteiger partial charge >= 0.3 is 0 Å². The Hall–Kier alpha value is -2.87. The summed E-state index contributed by atoms with van der Waals surface area (Å²) in [5.41, 5.74) is 3.93. The third-order valence-corrected chi connectivity index (χ3v) is 5.08. The van der Waals surface area contributed by atoms with Crippen LogP contribution in [0.5, 0.6) is 0 Å². The Kier molecular flexibility index (Phi) is 5.75. The molecule has 3 aromatic rings. The molecule has 2 aromatic carbocycles. The number of nitrogens with zero attached hydrogens (tertiary/aromatic N) is 3. The van der Waals surface area contributed by atoms with E-state index in [-0.39, 0.29) is 17.5 Å². The number of aryl methyl sites for hydroxylation is 2. The van der Waals surface area contributed by atoms with Crippen molar-refractivity contribution in [1.82, 2.24) is 14.9 Å². The standard InChI is InChI=1S/C19H20FN5OS/c1-12-3-8-16(9-13(12)2)22-18(26)11-27-19-24-23-17(25(19)21)10-14-4-6-15(20)7-5-14/h3-9H,10-11,21H2,1-2H3,(H,22,26). The Labute approximate surface area is 161 Å². The first-order valence-electron chi connectivity index (χ1n) is 8.36. The van der Waals surface area contributed by atoms with Crippen molar-refractivity contribution < 1.29 is 9.18 Å². The molecule has 8 heteroatoms. The van der Waals surface area contributed by atoms with Crippen molar-refractivity contribution in [1.29, 1.82) is 0 Å². The summed E-state index contributed by atoms with van der Waals surface area (Å²) in [4.78, 5) is 12.2. The minimum Gasteiger partial charge on any atom is -0.336 e. The number of anilines is 1. The van der Waals surface area contributed by atoms with Crippen LogP contribution in [0.15, 0.2) is 47.6 Å². The fourth-order valence-electron chi connectivity index (χ4n) is 2.46. The number of halogens is 1. The number of carbonyl (C=O) groups is 1. The van der Waals surface area contributed by atoms with E-state index in [1.54, 1.807) is 12.1 Å². The molecular formula is C19H20FN5OS. The Balaban J connectivity index is 1.58. The fraction of sp³-hybridized carbons (Fsp3) is 0.211. The van der Waals surface area contributed by atoms with Crippen LogP contribution in [-0.2, 0) is 11.2 Å². The van der Waals surface area contributed by atoms with E-state index in [4.69, 9.17) is 5.84 Å². The molecule has 3 N–H and O–H groups in total. The van der Waals surface area contributed by atoms with Gasteiger partial charge in [0.25, 0.3) is 0 Å². The molecule has 0 aliphatic heterocycles. The van der Waals surface area contributed by atoms with Gasteiger partial charge in [-0.1, -0.05) is 30.0 Å². The maximum atomic E-state index is 13.0. The third-order valence-electron chi connectivity index (χ3n) is 4.13. The molecule has 0 atom stereocenters. The second kappa shape index (κ2) is 8.22. The first-order chi connectivity index (χ1) is 12.9. The van der Waals surface area contributed by atoms with Gasteiger partial charge < -0.3 is 11.2 Å². The predicted molar refractivity (Wildman–Crippen MR) is 105 cm³/mol. The first-order valence-corrected chi connectivity index (χ1v) is 9.34. The molecule has 1 amide bonds. The van der Waals surface area contributed by atoms with E-state index in [1.807, 2.05) is 32.0 Å². The molecule has 0 spiro atoms. The van der Waals surface area contributed by atoms with Crippen molar-refractivity contribution in [3.8, 4) is 0 Å². The Morgan fingerprint density at radius 3 is 2.59 bits per heavy atom. The molecule has 0 radical (unpaired) electrons. The van der Waals surface area contributed by atoms with Crippen LogP contribution in [0.1, 0.15) is 22.5 Å². The number of nitrogens with one attached hydrogen (secondary N) is 1. The smallest absolute Gasteiger partial charge is 0.234 e. The second-order valence-corrected chi connectivity index (χ2v) is 7.15. The summed E-state index contributed by atoms with van der Waals surface area (Å²) in [6.07, 6.45) is 0.430. The van der Waals surface area contributed by atoms with Crippen molar-refractivity contribution in [2.45, 2.75) is 25.4 Å². The van der Waals surface area contributed by atoms with Gasteiger partial charge in [-0.2, -0.15) is 0 Å². The molecule has 27 heavy (non-hydrogen) atoms. The minimum absolute atomic E-state index is 0.147. The van der Waals surface area contributed by atoms with Crippen molar-refractivity contribution in [2.24, 2.45) is 0 Å². The van der Waals surface area contributed by atoms with E-state index in [2.05, 4.69) is 15.5 Å². The zero-order valence-corrected chi connectivity index (χ0v) is 15.9. The van der Waals surface area contributed by atoms with Crippen molar-refractivity contribution >= 4 is 23.4 Å². The van der Waals surface area contributed by atoms with Crippen LogP contribution < -0.4 is 11.2 Å². The van der Waals surface area contributed by atoms with E-state index in [0.717, 1.165) is 16.8 Å². The van der Waals surface area contributed by atoms with Gasteiger partial charge in [-0.25, -0.2) is 9.07 Å². The highest BCUT2D eigenvalue weighted by Crippen LogP contribution is 2.18. The molecule has 0 aliphatic rings. The molecule has 0 aliphatic carbocycles. The van der Waals surface area contributed by atoms with Crippen molar-refractivity contribution in [2.75, 3.05) is 16.9 Å². The van der Waals surface area contributed by atoms with Gasteiger partial charge in [-0.15, -0.1) is 10.2 Å². The summed E-state index contributed by atoms with van der Waals surface area (Å²) < 4.78 is 14.3. The maximum absolute atomic E-state index is 13.0. The summed E-state index contributed by atoms with van der Waals surface area (Å²) in [6.45, 7) is 4.02. The van der Waals surface area contributed by atoms with E-state index in [1.165, 1.54) is 34.1 Å². The summed E-state index contributed by atoms with van der Waals surface area (Å²) in [6, 6.07) is 11.9. The molecule has 3 rings (SSSR count). The highest BCUT2D eigenvalue weighted by atomic mass is 32.2. The lowest BCUT2D eigenvalue weighted by atomic mass is 10.1. The van der Waals surface area contributed by atoms with Crippen LogP contribution in [0.4, 0.5) is 10.1 Å². The lowest BCUT2D eigenvalue weighted by molar-refractivity contribution is -0.113. The van der Waals surface area contributed by atoms with Crippen LogP contribution in [0, 0.1) is 19.7 Å². The minimum atomic E-state index is -0.293. The second-order valence-electron chi connectivity index (χ2n) is 6.21. The number of hydrogen-bond acceptors (Lipinski definition) is 5. The van der Waals surface area contributed by atoms with Crippen LogP contribution in [0.25, 0.3) is 0 Å². The van der Waals surface area contributed by atoms with E-state index in [9.17, 15) is 9.18 Å². The van der Waals surface area contributed by atoms with E-state index >= 15 is 0 Å². The number of thioether (sulfide) groups is 1. The van der Waals surface area contributed by atoms with Crippen LogP contribution in [-0.4, -0.2) is 26.5 Å². The average molecular weight is 385 g/mol. The lowest BCUT2D eigenvalue weighted by Gasteiger charge is -2.07. The molecule has 140 valence electrons. The van der Waals surface area contributed by atoms with Gasteiger partial charge in [0, 0.05) is 12.1 Å².